The number of anilines is 2. The Balaban J connectivity index is 1.27. The van der Waals surface area contributed by atoms with E-state index >= 15 is 0 Å². The zero-order chi connectivity index (χ0) is 23.0. The molecule has 33 heavy (non-hydrogen) atoms. The summed E-state index contributed by atoms with van der Waals surface area (Å²) < 4.78 is 5.77. The number of benzene rings is 2. The van der Waals surface area contributed by atoms with Crippen molar-refractivity contribution < 1.29 is 4.74 Å². The number of hydrogen-bond acceptors (Lipinski definition) is 5. The van der Waals surface area contributed by atoms with Gasteiger partial charge in [0.15, 0.2) is 0 Å². The fourth-order valence-corrected chi connectivity index (χ4v) is 4.67. The van der Waals surface area contributed by atoms with E-state index in [0.29, 0.717) is 18.6 Å². The summed E-state index contributed by atoms with van der Waals surface area (Å²) in [6.45, 7) is 6.15. The topological polar surface area (TPSA) is 49.4 Å². The van der Waals surface area contributed by atoms with Crippen LogP contribution in [0.25, 0.3) is 10.9 Å². The first-order chi connectivity index (χ1) is 16.1. The predicted octanol–water partition coefficient (Wildman–Crippen LogP) is 5.63. The number of pyridine rings is 1. The van der Waals surface area contributed by atoms with Gasteiger partial charge in [-0.15, -0.1) is 0 Å². The third-order valence-electron chi connectivity index (χ3n) is 6.45. The first-order valence-electron chi connectivity index (χ1n) is 12.0. The molecule has 5 heteroatoms. The Bertz CT molecular complexity index is 1060. The van der Waals surface area contributed by atoms with Gasteiger partial charge >= 0.3 is 0 Å². The van der Waals surface area contributed by atoms with Gasteiger partial charge in [0.1, 0.15) is 18.2 Å². The number of nitrogens with zero attached hydrogens (tertiary/aromatic N) is 2. The highest BCUT2D eigenvalue weighted by molar-refractivity contribution is 5.93. The van der Waals surface area contributed by atoms with Gasteiger partial charge in [0, 0.05) is 49.4 Å². The van der Waals surface area contributed by atoms with Crippen molar-refractivity contribution in [2.45, 2.75) is 38.3 Å². The highest BCUT2D eigenvalue weighted by atomic mass is 16.5. The molecule has 1 heterocycles. The summed E-state index contributed by atoms with van der Waals surface area (Å²) in [7, 11) is 4.18. The van der Waals surface area contributed by atoms with Crippen LogP contribution in [0.4, 0.5) is 11.5 Å². The van der Waals surface area contributed by atoms with Gasteiger partial charge in [0.05, 0.1) is 5.52 Å². The van der Waals surface area contributed by atoms with Crippen LogP contribution in [0.1, 0.15) is 31.2 Å². The van der Waals surface area contributed by atoms with Crippen molar-refractivity contribution in [2.24, 2.45) is 5.92 Å². The third-order valence-corrected chi connectivity index (χ3v) is 6.45. The molecule has 1 saturated carbocycles. The highest BCUT2D eigenvalue weighted by Gasteiger charge is 2.21. The van der Waals surface area contributed by atoms with Gasteiger partial charge in [-0.2, -0.15) is 0 Å². The molecule has 0 bridgehead atoms. The second kappa shape index (κ2) is 11.2. The van der Waals surface area contributed by atoms with Gasteiger partial charge in [-0.1, -0.05) is 49.1 Å². The molecule has 0 unspecified atom stereocenters. The van der Waals surface area contributed by atoms with Crippen molar-refractivity contribution in [1.29, 1.82) is 0 Å². The molecule has 1 aliphatic rings. The minimum atomic E-state index is 0.484. The molecule has 4 rings (SSSR count). The minimum absolute atomic E-state index is 0.484. The lowest BCUT2D eigenvalue weighted by molar-refractivity contribution is 0.321. The van der Waals surface area contributed by atoms with Crippen LogP contribution in [0.2, 0.25) is 0 Å². The maximum atomic E-state index is 5.77. The molecule has 0 saturated heterocycles. The first-order valence-corrected chi connectivity index (χ1v) is 12.0. The Morgan fingerprint density at radius 1 is 1.06 bits per heavy atom. The lowest BCUT2D eigenvalue weighted by Gasteiger charge is -2.30. The quantitative estimate of drug-likeness (QED) is 0.397. The zero-order valence-corrected chi connectivity index (χ0v) is 19.9. The number of para-hydroxylation sites is 2. The molecule has 174 valence electrons. The minimum Gasteiger partial charge on any atom is -0.489 e. The van der Waals surface area contributed by atoms with Crippen LogP contribution in [0.15, 0.2) is 67.3 Å². The Morgan fingerprint density at radius 3 is 2.61 bits per heavy atom. The fourth-order valence-electron chi connectivity index (χ4n) is 4.67. The Morgan fingerprint density at radius 2 is 1.82 bits per heavy atom. The first kappa shape index (κ1) is 23.1. The summed E-state index contributed by atoms with van der Waals surface area (Å²) in [5, 5.41) is 8.56. The van der Waals surface area contributed by atoms with Crippen LogP contribution in [0.3, 0.4) is 0 Å². The molecule has 1 aliphatic carbocycles. The van der Waals surface area contributed by atoms with E-state index in [1.807, 2.05) is 12.1 Å². The molecule has 5 nitrogen and oxygen atoms in total. The van der Waals surface area contributed by atoms with Gasteiger partial charge in [-0.05, 0) is 50.3 Å². The van der Waals surface area contributed by atoms with E-state index in [4.69, 9.17) is 9.72 Å². The molecule has 1 fully saturated rings. The molecule has 2 N–H and O–H groups in total. The van der Waals surface area contributed by atoms with Gasteiger partial charge in [-0.25, -0.2) is 4.98 Å². The average Bonchev–Trinajstić information content (AvgIpc) is 2.84. The van der Waals surface area contributed by atoms with E-state index in [0.717, 1.165) is 30.2 Å². The van der Waals surface area contributed by atoms with E-state index < -0.39 is 0 Å². The second-order valence-electron chi connectivity index (χ2n) is 9.14. The molecule has 1 aromatic heterocycles. The van der Waals surface area contributed by atoms with Crippen molar-refractivity contribution in [3.63, 3.8) is 0 Å². The molecule has 0 aliphatic heterocycles. The summed E-state index contributed by atoms with van der Waals surface area (Å²) in [5.74, 6) is 2.64. The summed E-state index contributed by atoms with van der Waals surface area (Å²) >= 11 is 0. The number of fused-ring (bicyclic) bond motifs is 1. The van der Waals surface area contributed by atoms with Gasteiger partial charge < -0.3 is 20.3 Å². The molecular weight excluding hydrogens is 408 g/mol. The van der Waals surface area contributed by atoms with Crippen molar-refractivity contribution in [1.82, 2.24) is 10.3 Å². The molecule has 0 atom stereocenters. The third kappa shape index (κ3) is 6.05. The summed E-state index contributed by atoms with van der Waals surface area (Å²) in [6, 6.07) is 19.3. The Hall–Kier alpha value is -3.05. The number of nitrogens with one attached hydrogen (secondary N) is 2. The molecule has 2 aromatic carbocycles. The number of ether oxygens (including phenoxy) is 1. The van der Waals surface area contributed by atoms with Crippen molar-refractivity contribution in [3.8, 4) is 5.75 Å². The van der Waals surface area contributed by atoms with E-state index in [9.17, 15) is 0 Å². The molecule has 0 spiro atoms. The van der Waals surface area contributed by atoms with Crippen LogP contribution >= 0.6 is 0 Å². The number of rotatable bonds is 10. The summed E-state index contributed by atoms with van der Waals surface area (Å²) in [4.78, 5) is 7.04. The predicted molar refractivity (Wildman–Crippen MR) is 139 cm³/mol. The van der Waals surface area contributed by atoms with Gasteiger partial charge in [0.25, 0.3) is 0 Å². The Kier molecular flexibility index (Phi) is 7.84. The second-order valence-corrected chi connectivity index (χ2v) is 9.14. The standard InChI is InChI=1S/C28H36N4O/c1-4-17-33-27-12-8-5-9-22(27)20-29-19-21-13-15-23(16-14-21)30-28-18-26(32(2)3)24-10-6-7-11-25(24)31-28/h4-12,18,21,23,29H,1,13-17,19-20H2,2-3H3,(H,30,31)/t21-,23+. The van der Waals surface area contributed by atoms with Crippen LogP contribution in [-0.4, -0.2) is 38.3 Å². The van der Waals surface area contributed by atoms with Crippen molar-refractivity contribution in [3.05, 3.63) is 72.8 Å². The lowest BCUT2D eigenvalue weighted by Crippen LogP contribution is -2.31. The number of hydrogen-bond donors (Lipinski definition) is 2. The molecule has 0 amide bonds. The summed E-state index contributed by atoms with van der Waals surface area (Å²) in [6.07, 6.45) is 6.60. The van der Waals surface area contributed by atoms with Crippen LogP contribution in [0.5, 0.6) is 5.75 Å². The number of aromatic nitrogens is 1. The maximum Gasteiger partial charge on any atom is 0.128 e. The average molecular weight is 445 g/mol. The van der Waals surface area contributed by atoms with Crippen molar-refractivity contribution >= 4 is 22.4 Å². The SMILES string of the molecule is C=CCOc1ccccc1CNC[C@H]1CC[C@@H](Nc2cc(N(C)C)c3ccccc3n2)CC1. The Labute approximate surface area is 197 Å². The van der Waals surface area contributed by atoms with Crippen LogP contribution in [-0.2, 0) is 6.54 Å². The smallest absolute Gasteiger partial charge is 0.128 e. The zero-order valence-electron chi connectivity index (χ0n) is 19.9. The summed E-state index contributed by atoms with van der Waals surface area (Å²) in [5.41, 5.74) is 3.45. The van der Waals surface area contributed by atoms with E-state index in [2.05, 4.69) is 78.7 Å². The monoisotopic (exact) mass is 444 g/mol. The molecule has 0 radical (unpaired) electrons. The maximum absolute atomic E-state index is 5.77. The van der Waals surface area contributed by atoms with Crippen LogP contribution in [0, 0.1) is 5.92 Å². The van der Waals surface area contributed by atoms with E-state index in [-0.39, 0.29) is 0 Å². The van der Waals surface area contributed by atoms with Crippen LogP contribution < -0.4 is 20.3 Å². The van der Waals surface area contributed by atoms with Gasteiger partial charge in [-0.3, -0.25) is 0 Å². The van der Waals surface area contributed by atoms with E-state index in [1.54, 1.807) is 6.08 Å². The molecular formula is C28H36N4O. The van der Waals surface area contributed by atoms with Crippen molar-refractivity contribution in [2.75, 3.05) is 37.5 Å². The van der Waals surface area contributed by atoms with Gasteiger partial charge in [0.2, 0.25) is 0 Å². The fraction of sp³-hybridized carbons (Fsp3) is 0.393. The molecule has 3 aromatic rings. The largest absolute Gasteiger partial charge is 0.489 e. The lowest BCUT2D eigenvalue weighted by atomic mass is 9.86. The highest BCUT2D eigenvalue weighted by Crippen LogP contribution is 2.30. The van der Waals surface area contributed by atoms with E-state index in [1.165, 1.54) is 42.3 Å². The normalized spacial score (nSPS) is 18.1.